The maximum absolute atomic E-state index is 12.1. The van der Waals surface area contributed by atoms with Crippen molar-refractivity contribution >= 4 is 49.7 Å². The number of rotatable bonds is 4. The molecular formula is C5CaF6O4. The van der Waals surface area contributed by atoms with Gasteiger partial charge in [-0.3, -0.25) is 0 Å². The predicted octanol–water partition coefficient (Wildman–Crippen LogP) is -1.99. The van der Waals surface area contributed by atoms with E-state index < -0.39 is 29.7 Å². The summed E-state index contributed by atoms with van der Waals surface area (Å²) in [5.74, 6) is -27.0. The molecule has 0 atom stereocenters. The second-order valence-corrected chi connectivity index (χ2v) is 2.30. The summed E-state index contributed by atoms with van der Waals surface area (Å²) < 4.78 is 72.3. The van der Waals surface area contributed by atoms with Crippen molar-refractivity contribution in [3.05, 3.63) is 0 Å². The van der Waals surface area contributed by atoms with E-state index in [2.05, 4.69) is 0 Å². The van der Waals surface area contributed by atoms with E-state index in [0.717, 1.165) is 0 Å². The molecule has 0 aliphatic rings. The van der Waals surface area contributed by atoms with E-state index in [9.17, 15) is 46.1 Å². The SMILES string of the molecule is O=C([O-])C(F)(F)C(F)(F)C(F)(F)C(=O)[O-].[Ca+2]. The van der Waals surface area contributed by atoms with E-state index in [1.54, 1.807) is 0 Å². The normalized spacial score (nSPS) is 12.9. The molecule has 88 valence electrons. The third-order valence-corrected chi connectivity index (χ3v) is 1.30. The first-order valence-electron chi connectivity index (χ1n) is 2.95. The third-order valence-electron chi connectivity index (χ3n) is 1.30. The van der Waals surface area contributed by atoms with Gasteiger partial charge in [0.15, 0.2) is 0 Å². The fourth-order valence-corrected chi connectivity index (χ4v) is 0.454. The first-order valence-corrected chi connectivity index (χ1v) is 2.95. The minimum absolute atomic E-state index is 0. The molecule has 0 aromatic heterocycles. The van der Waals surface area contributed by atoms with Gasteiger partial charge in [-0.15, -0.1) is 0 Å². The molecule has 11 heteroatoms. The van der Waals surface area contributed by atoms with Gasteiger partial charge in [-0.1, -0.05) is 0 Å². The van der Waals surface area contributed by atoms with Crippen molar-refractivity contribution in [2.24, 2.45) is 0 Å². The Morgan fingerprint density at radius 3 is 1.06 bits per heavy atom. The van der Waals surface area contributed by atoms with Crippen LogP contribution in [-0.2, 0) is 9.59 Å². The Morgan fingerprint density at radius 1 is 0.750 bits per heavy atom. The Kier molecular flexibility index (Phi) is 5.63. The molecule has 0 saturated carbocycles. The Balaban J connectivity index is 0. The first-order chi connectivity index (χ1) is 6.39. The van der Waals surface area contributed by atoms with E-state index in [-0.39, 0.29) is 37.7 Å². The van der Waals surface area contributed by atoms with Crippen LogP contribution in [0.3, 0.4) is 0 Å². The van der Waals surface area contributed by atoms with Crippen molar-refractivity contribution in [3.63, 3.8) is 0 Å². The maximum Gasteiger partial charge on any atom is 2.00 e. The second-order valence-electron chi connectivity index (χ2n) is 2.30. The summed E-state index contributed by atoms with van der Waals surface area (Å²) in [6.45, 7) is 0. The van der Waals surface area contributed by atoms with Crippen molar-refractivity contribution < 1.29 is 46.1 Å². The van der Waals surface area contributed by atoms with E-state index in [1.807, 2.05) is 0 Å². The van der Waals surface area contributed by atoms with Gasteiger partial charge in [-0.05, 0) is 0 Å². The molecular weight excluding hydrogens is 278 g/mol. The number of alkyl halides is 6. The van der Waals surface area contributed by atoms with Crippen molar-refractivity contribution in [3.8, 4) is 0 Å². The van der Waals surface area contributed by atoms with Crippen LogP contribution in [0.2, 0.25) is 0 Å². The van der Waals surface area contributed by atoms with E-state index in [1.165, 1.54) is 0 Å². The van der Waals surface area contributed by atoms with Gasteiger partial charge in [-0.2, -0.15) is 26.3 Å². The summed E-state index contributed by atoms with van der Waals surface area (Å²) in [6, 6.07) is 0. The van der Waals surface area contributed by atoms with Crippen LogP contribution in [0.5, 0.6) is 0 Å². The zero-order chi connectivity index (χ0) is 12.7. The maximum atomic E-state index is 12.1. The summed E-state index contributed by atoms with van der Waals surface area (Å²) in [5, 5.41) is 18.9. The summed E-state index contributed by atoms with van der Waals surface area (Å²) in [7, 11) is 0. The smallest absolute Gasteiger partial charge is 0.544 e. The summed E-state index contributed by atoms with van der Waals surface area (Å²) in [4.78, 5) is 18.9. The molecule has 0 aromatic rings. The molecule has 4 nitrogen and oxygen atoms in total. The minimum Gasteiger partial charge on any atom is -0.544 e. The van der Waals surface area contributed by atoms with Gasteiger partial charge >= 0.3 is 55.5 Å². The number of halogens is 6. The molecule has 0 aliphatic heterocycles. The van der Waals surface area contributed by atoms with Crippen LogP contribution in [0.15, 0.2) is 0 Å². The third kappa shape index (κ3) is 2.54. The molecule has 0 aromatic carbocycles. The Labute approximate surface area is 113 Å². The zero-order valence-corrected chi connectivity index (χ0v) is 9.32. The molecule has 0 heterocycles. The fourth-order valence-electron chi connectivity index (χ4n) is 0.454. The Bertz CT molecular complexity index is 275. The summed E-state index contributed by atoms with van der Waals surface area (Å²) in [6.07, 6.45) is 0. The molecule has 0 amide bonds. The molecule has 0 spiro atoms. The number of carbonyl (C=O) groups is 2. The topological polar surface area (TPSA) is 80.3 Å². The van der Waals surface area contributed by atoms with E-state index in [4.69, 9.17) is 0 Å². The molecule has 16 heavy (non-hydrogen) atoms. The Hall–Kier alpha value is -0.220. The van der Waals surface area contributed by atoms with Crippen LogP contribution in [0, 0.1) is 0 Å². The molecule has 0 saturated heterocycles. The van der Waals surface area contributed by atoms with Crippen LogP contribution in [0.1, 0.15) is 0 Å². The first kappa shape index (κ1) is 18.2. The predicted molar refractivity (Wildman–Crippen MR) is 30.6 cm³/mol. The van der Waals surface area contributed by atoms with Crippen molar-refractivity contribution in [1.82, 2.24) is 0 Å². The molecule has 0 radical (unpaired) electrons. The van der Waals surface area contributed by atoms with E-state index >= 15 is 0 Å². The molecule has 0 rings (SSSR count). The average molecular weight is 278 g/mol. The van der Waals surface area contributed by atoms with Crippen LogP contribution in [-0.4, -0.2) is 67.4 Å². The number of carbonyl (C=O) groups excluding carboxylic acids is 2. The quantitative estimate of drug-likeness (QED) is 0.440. The van der Waals surface area contributed by atoms with Crippen molar-refractivity contribution in [2.45, 2.75) is 17.8 Å². The number of hydrogen-bond acceptors (Lipinski definition) is 4. The van der Waals surface area contributed by atoms with Gasteiger partial charge < -0.3 is 19.8 Å². The van der Waals surface area contributed by atoms with Crippen LogP contribution >= 0.6 is 0 Å². The number of carboxylic acid groups (broad SMARTS) is 2. The molecule has 0 fully saturated rings. The largest absolute Gasteiger partial charge is 2.00 e. The molecule has 0 unspecified atom stereocenters. The van der Waals surface area contributed by atoms with Gasteiger partial charge in [0.05, 0.1) is 0 Å². The fraction of sp³-hybridized carbons (Fsp3) is 0.600. The number of aliphatic carboxylic acids is 2. The minimum atomic E-state index is -6.66. The van der Waals surface area contributed by atoms with Crippen molar-refractivity contribution in [2.75, 3.05) is 0 Å². The van der Waals surface area contributed by atoms with Gasteiger partial charge in [-0.25, -0.2) is 0 Å². The van der Waals surface area contributed by atoms with Crippen LogP contribution < -0.4 is 10.2 Å². The number of hydrogen-bond donors (Lipinski definition) is 0. The number of carboxylic acids is 2. The second kappa shape index (κ2) is 4.96. The van der Waals surface area contributed by atoms with Crippen LogP contribution in [0.4, 0.5) is 26.3 Å². The van der Waals surface area contributed by atoms with E-state index in [0.29, 0.717) is 0 Å². The zero-order valence-electron chi connectivity index (χ0n) is 7.11. The van der Waals surface area contributed by atoms with Gasteiger partial charge in [0.1, 0.15) is 11.9 Å². The molecule has 0 N–H and O–H groups in total. The molecule has 0 bridgehead atoms. The monoisotopic (exact) mass is 278 g/mol. The molecule has 0 aliphatic carbocycles. The van der Waals surface area contributed by atoms with Crippen LogP contribution in [0.25, 0.3) is 0 Å². The van der Waals surface area contributed by atoms with Crippen molar-refractivity contribution in [1.29, 1.82) is 0 Å². The Morgan fingerprint density at radius 2 is 0.938 bits per heavy atom. The summed E-state index contributed by atoms with van der Waals surface area (Å²) >= 11 is 0. The van der Waals surface area contributed by atoms with Gasteiger partial charge in [0.2, 0.25) is 0 Å². The summed E-state index contributed by atoms with van der Waals surface area (Å²) in [5.41, 5.74) is 0. The van der Waals surface area contributed by atoms with Gasteiger partial charge in [0.25, 0.3) is 0 Å². The standard InChI is InChI=1S/C5H2F6O4.Ca/c6-3(7,1(12)13)5(10,11)4(8,9)2(14)15;/h(H,12,13)(H,14,15);/q;+2/p-2. The average Bonchev–Trinajstić information content (AvgIpc) is 2.02. The van der Waals surface area contributed by atoms with Gasteiger partial charge in [0, 0.05) is 0 Å².